The number of hydrogen-bond acceptors (Lipinski definition) is 12. The molecule has 0 spiro atoms. The molecule has 16 heteroatoms. The molecule has 0 amide bonds. The molecule has 2 aromatic carbocycles. The van der Waals surface area contributed by atoms with E-state index in [-0.39, 0.29) is 29.9 Å². The lowest BCUT2D eigenvalue weighted by molar-refractivity contribution is -0.192. The van der Waals surface area contributed by atoms with Crippen LogP contribution in [0.3, 0.4) is 0 Å². The number of aliphatic hydroxyl groups excluding tert-OH is 1. The van der Waals surface area contributed by atoms with Crippen molar-refractivity contribution < 1.29 is 47.5 Å². The maximum atomic E-state index is 10.6. The Balaban J connectivity index is 0.000000591. The minimum Gasteiger partial charge on any atom is -0.493 e. The normalized spacial score (nSPS) is 16.5. The molecule has 4 aromatic rings. The van der Waals surface area contributed by atoms with Gasteiger partial charge >= 0.3 is 12.1 Å². The number of anilines is 2. The van der Waals surface area contributed by atoms with Crippen molar-refractivity contribution in [2.45, 2.75) is 50.9 Å². The minimum atomic E-state index is -5.08. The van der Waals surface area contributed by atoms with Crippen molar-refractivity contribution in [1.29, 1.82) is 0 Å². The summed E-state index contributed by atoms with van der Waals surface area (Å²) >= 11 is 0. The lowest BCUT2D eigenvalue weighted by Gasteiger charge is -2.28. The molecule has 1 saturated carbocycles. The largest absolute Gasteiger partial charge is 0.493 e. The summed E-state index contributed by atoms with van der Waals surface area (Å²) in [5.41, 5.74) is 1.94. The maximum absolute atomic E-state index is 10.6. The predicted molar refractivity (Wildman–Crippen MR) is 157 cm³/mol. The summed E-state index contributed by atoms with van der Waals surface area (Å²) in [5, 5.41) is 35.5. The van der Waals surface area contributed by atoms with E-state index in [1.165, 1.54) is 0 Å². The van der Waals surface area contributed by atoms with Gasteiger partial charge in [0.25, 0.3) is 0 Å². The summed E-state index contributed by atoms with van der Waals surface area (Å²) in [4.78, 5) is 26.7. The van der Waals surface area contributed by atoms with Crippen LogP contribution in [0, 0.1) is 6.92 Å². The molecular formula is C29H33F3N6O7. The lowest BCUT2D eigenvalue weighted by atomic mass is 9.93. The van der Waals surface area contributed by atoms with E-state index >= 15 is 0 Å². The molecule has 242 valence electrons. The maximum Gasteiger partial charge on any atom is 0.490 e. The van der Waals surface area contributed by atoms with Crippen molar-refractivity contribution in [1.82, 2.24) is 25.3 Å². The Labute approximate surface area is 255 Å². The number of ether oxygens (including phenoxy) is 3. The summed E-state index contributed by atoms with van der Waals surface area (Å²) < 4.78 is 48.4. The Morgan fingerprint density at radius 1 is 0.956 bits per heavy atom. The molecule has 0 saturated heterocycles. The molecular weight excluding hydrogens is 601 g/mol. The number of benzene rings is 2. The van der Waals surface area contributed by atoms with Gasteiger partial charge in [0.1, 0.15) is 12.4 Å². The topological polar surface area (TPSA) is 181 Å². The van der Waals surface area contributed by atoms with Crippen LogP contribution in [0.4, 0.5) is 25.1 Å². The van der Waals surface area contributed by atoms with Crippen molar-refractivity contribution >= 4 is 39.7 Å². The van der Waals surface area contributed by atoms with Crippen LogP contribution in [0.25, 0.3) is 21.8 Å². The number of aromatic hydroxyl groups is 1. The Kier molecular flexibility index (Phi) is 10.6. The molecule has 2 atom stereocenters. The number of hydrogen-bond donors (Lipinski definition) is 5. The monoisotopic (exact) mass is 634 g/mol. The van der Waals surface area contributed by atoms with Crippen molar-refractivity contribution in [3.63, 3.8) is 0 Å². The Morgan fingerprint density at radius 2 is 1.60 bits per heavy atom. The number of fused-ring (bicyclic) bond motifs is 2. The van der Waals surface area contributed by atoms with Crippen LogP contribution in [0.15, 0.2) is 30.3 Å². The number of nitrogens with one attached hydrogen (secondary N) is 2. The standard InChI is InChI=1S/C27H32N6O5.C2HF3O2/c1-15-17-13-23(36-2)24(37-3)14-21(17)31-26(29-15)33-27-30-19-9-8-16(12-18(19)25(35)32-27)38-11-10-28-20-6-4-5-7-22(20)34;3-2(4,5)1(6)7/h8-9,12-14,20,22,28,34H,4-7,10-11H2,1-3H3,(H2,29,30,31,32,33,35);(H,6,7). The van der Waals surface area contributed by atoms with E-state index in [2.05, 4.69) is 30.6 Å². The smallest absolute Gasteiger partial charge is 0.490 e. The number of aryl methyl sites for hydroxylation is 1. The molecule has 1 aliphatic rings. The third kappa shape index (κ3) is 8.48. The fourth-order valence-corrected chi connectivity index (χ4v) is 4.76. The minimum absolute atomic E-state index is 0.118. The van der Waals surface area contributed by atoms with E-state index in [1.54, 1.807) is 38.5 Å². The van der Waals surface area contributed by atoms with E-state index in [0.29, 0.717) is 46.8 Å². The van der Waals surface area contributed by atoms with Gasteiger partial charge in [-0.25, -0.2) is 19.7 Å². The van der Waals surface area contributed by atoms with Crippen LogP contribution < -0.4 is 24.8 Å². The fraction of sp³-hybridized carbons (Fsp3) is 0.414. The number of carboxylic acid groups (broad SMARTS) is 1. The fourth-order valence-electron chi connectivity index (χ4n) is 4.76. The molecule has 5 rings (SSSR count). The second-order valence-electron chi connectivity index (χ2n) is 10.1. The molecule has 2 unspecified atom stereocenters. The summed E-state index contributed by atoms with van der Waals surface area (Å²) in [6.07, 6.45) is -1.35. The summed E-state index contributed by atoms with van der Waals surface area (Å²) in [7, 11) is 3.15. The van der Waals surface area contributed by atoms with Crippen molar-refractivity contribution in [2.24, 2.45) is 0 Å². The molecule has 0 bridgehead atoms. The van der Waals surface area contributed by atoms with Crippen LogP contribution >= 0.6 is 0 Å². The van der Waals surface area contributed by atoms with Crippen LogP contribution in [0.1, 0.15) is 31.4 Å². The van der Waals surface area contributed by atoms with Gasteiger partial charge < -0.3 is 34.8 Å². The van der Waals surface area contributed by atoms with Crippen LogP contribution in [0.5, 0.6) is 23.1 Å². The first-order valence-electron chi connectivity index (χ1n) is 13.9. The molecule has 1 aliphatic carbocycles. The predicted octanol–water partition coefficient (Wildman–Crippen LogP) is 4.25. The SMILES string of the molecule is COc1cc2nc(Nc3nc(O)c4cc(OCCNC5CCCCC5O)ccc4n3)nc(C)c2cc1OC.O=C(O)C(F)(F)F. The van der Waals surface area contributed by atoms with Gasteiger partial charge in [0, 0.05) is 24.0 Å². The number of rotatable bonds is 9. The van der Waals surface area contributed by atoms with E-state index < -0.39 is 12.1 Å². The van der Waals surface area contributed by atoms with Gasteiger partial charge in [-0.05, 0) is 44.0 Å². The number of aliphatic carboxylic acids is 1. The number of aliphatic hydroxyl groups is 1. The first-order valence-corrected chi connectivity index (χ1v) is 13.9. The quantitative estimate of drug-likeness (QED) is 0.165. The second kappa shape index (κ2) is 14.4. The van der Waals surface area contributed by atoms with Gasteiger partial charge in [-0.15, -0.1) is 0 Å². The third-order valence-corrected chi connectivity index (χ3v) is 7.01. The highest BCUT2D eigenvalue weighted by Gasteiger charge is 2.38. The first kappa shape index (κ1) is 33.2. The number of nitrogens with zero attached hydrogens (tertiary/aromatic N) is 4. The summed E-state index contributed by atoms with van der Waals surface area (Å²) in [6.45, 7) is 2.93. The zero-order valence-corrected chi connectivity index (χ0v) is 24.7. The molecule has 0 radical (unpaired) electrons. The number of carboxylic acids is 1. The lowest BCUT2D eigenvalue weighted by Crippen LogP contribution is -2.43. The van der Waals surface area contributed by atoms with Crippen LogP contribution in [-0.2, 0) is 4.79 Å². The number of alkyl halides is 3. The molecule has 13 nitrogen and oxygen atoms in total. The highest BCUT2D eigenvalue weighted by atomic mass is 19.4. The second-order valence-corrected chi connectivity index (χ2v) is 10.1. The number of methoxy groups -OCH3 is 2. The van der Waals surface area contributed by atoms with Crippen LogP contribution in [-0.4, -0.2) is 86.9 Å². The average molecular weight is 635 g/mol. The van der Waals surface area contributed by atoms with Gasteiger partial charge in [-0.3, -0.25) is 5.32 Å². The third-order valence-electron chi connectivity index (χ3n) is 7.01. The summed E-state index contributed by atoms with van der Waals surface area (Å²) in [5.74, 6) is -0.736. The molecule has 0 aliphatic heterocycles. The van der Waals surface area contributed by atoms with Gasteiger partial charge in [-0.2, -0.15) is 18.2 Å². The van der Waals surface area contributed by atoms with E-state index in [9.17, 15) is 23.4 Å². The van der Waals surface area contributed by atoms with Gasteiger partial charge in [0.2, 0.25) is 17.8 Å². The van der Waals surface area contributed by atoms with E-state index in [1.807, 2.05) is 13.0 Å². The molecule has 45 heavy (non-hydrogen) atoms. The average Bonchev–Trinajstić information content (AvgIpc) is 2.99. The van der Waals surface area contributed by atoms with Crippen LogP contribution in [0.2, 0.25) is 0 Å². The molecule has 2 heterocycles. The number of carbonyl (C=O) groups is 1. The highest BCUT2D eigenvalue weighted by molar-refractivity contribution is 5.87. The molecule has 1 fully saturated rings. The van der Waals surface area contributed by atoms with Crippen molar-refractivity contribution in [3.8, 4) is 23.1 Å². The van der Waals surface area contributed by atoms with E-state index in [4.69, 9.17) is 24.1 Å². The summed E-state index contributed by atoms with van der Waals surface area (Å²) in [6, 6.07) is 9.00. The van der Waals surface area contributed by atoms with Gasteiger partial charge in [0.05, 0.1) is 42.4 Å². The first-order chi connectivity index (χ1) is 21.4. The van der Waals surface area contributed by atoms with Crippen molar-refractivity contribution in [3.05, 3.63) is 36.0 Å². The number of halogens is 3. The zero-order chi connectivity index (χ0) is 32.7. The zero-order valence-electron chi connectivity index (χ0n) is 24.7. The van der Waals surface area contributed by atoms with Gasteiger partial charge in [0.15, 0.2) is 11.5 Å². The van der Waals surface area contributed by atoms with Crippen molar-refractivity contribution in [2.75, 3.05) is 32.7 Å². The Morgan fingerprint density at radius 3 is 2.27 bits per heavy atom. The Hall–Kier alpha value is -4.70. The molecule has 2 aromatic heterocycles. The highest BCUT2D eigenvalue weighted by Crippen LogP contribution is 2.33. The van der Waals surface area contributed by atoms with Gasteiger partial charge in [-0.1, -0.05) is 12.8 Å². The Bertz CT molecular complexity index is 1660. The number of aromatic nitrogens is 4. The molecule has 5 N–H and O–H groups in total. The van der Waals surface area contributed by atoms with E-state index in [0.717, 1.165) is 36.8 Å².